The van der Waals surface area contributed by atoms with Crippen LogP contribution in [0.3, 0.4) is 0 Å². The van der Waals surface area contributed by atoms with Crippen molar-refractivity contribution in [2.24, 2.45) is 0 Å². The summed E-state index contributed by atoms with van der Waals surface area (Å²) in [5.41, 5.74) is -0.694. The monoisotopic (exact) mass is 326 g/mol. The lowest BCUT2D eigenvalue weighted by Gasteiger charge is -2.17. The highest BCUT2D eigenvalue weighted by atomic mass is 35.5. The molecule has 0 heterocycles. The van der Waals surface area contributed by atoms with Crippen LogP contribution in [0.25, 0.3) is 0 Å². The molecule has 0 bridgehead atoms. The second-order valence-electron chi connectivity index (χ2n) is 4.15. The Hall–Kier alpha value is -1.05. The Morgan fingerprint density at radius 3 is 2.65 bits per heavy atom. The maximum absolute atomic E-state index is 12.6. The second kappa shape index (κ2) is 7.10. The minimum absolute atomic E-state index is 0.0791. The number of alkyl halides is 3. The van der Waals surface area contributed by atoms with Crippen LogP contribution in [0.5, 0.6) is 0 Å². The largest absolute Gasteiger partial charge is 0.416 e. The van der Waals surface area contributed by atoms with Crippen molar-refractivity contribution < 1.29 is 17.9 Å². The molecule has 0 saturated heterocycles. The predicted molar refractivity (Wildman–Crippen MR) is 77.1 cm³/mol. The van der Waals surface area contributed by atoms with Gasteiger partial charge in [-0.3, -0.25) is 0 Å². The van der Waals surface area contributed by atoms with Gasteiger partial charge in [0.05, 0.1) is 22.9 Å². The van der Waals surface area contributed by atoms with Gasteiger partial charge in [-0.1, -0.05) is 11.6 Å². The van der Waals surface area contributed by atoms with E-state index in [9.17, 15) is 13.2 Å². The number of methoxy groups -OCH3 is 1. The van der Waals surface area contributed by atoms with E-state index in [1.165, 1.54) is 6.07 Å². The van der Waals surface area contributed by atoms with Crippen molar-refractivity contribution in [1.29, 1.82) is 0 Å². The maximum atomic E-state index is 12.6. The van der Waals surface area contributed by atoms with Gasteiger partial charge in [-0.05, 0) is 37.3 Å². The Labute approximate surface area is 125 Å². The third-order valence-corrected chi connectivity index (χ3v) is 2.89. The van der Waals surface area contributed by atoms with Gasteiger partial charge in [0.25, 0.3) is 0 Å². The summed E-state index contributed by atoms with van der Waals surface area (Å²) < 4.78 is 42.8. The van der Waals surface area contributed by atoms with E-state index in [-0.39, 0.29) is 21.9 Å². The van der Waals surface area contributed by atoms with Crippen molar-refractivity contribution >= 4 is 34.6 Å². The van der Waals surface area contributed by atoms with Gasteiger partial charge in [0.15, 0.2) is 5.11 Å². The molecule has 0 fully saturated rings. The molecular formula is C12H14ClF3N2OS. The lowest BCUT2D eigenvalue weighted by atomic mass is 10.2. The van der Waals surface area contributed by atoms with Crippen LogP contribution >= 0.6 is 23.8 Å². The molecule has 112 valence electrons. The highest BCUT2D eigenvalue weighted by molar-refractivity contribution is 7.80. The highest BCUT2D eigenvalue weighted by Crippen LogP contribution is 2.33. The molecule has 2 N–H and O–H groups in total. The first-order chi connectivity index (χ1) is 9.24. The molecule has 3 nitrogen and oxygen atoms in total. The molecule has 20 heavy (non-hydrogen) atoms. The lowest BCUT2D eigenvalue weighted by molar-refractivity contribution is -0.137. The topological polar surface area (TPSA) is 33.3 Å². The standard InChI is InChI=1S/C12H14ClF3N2OS/c1-7(6-19-2)17-11(20)18-10-5-8(12(14,15)16)3-4-9(10)13/h3-5,7H,6H2,1-2H3,(H2,17,18,20). The molecule has 0 radical (unpaired) electrons. The fourth-order valence-electron chi connectivity index (χ4n) is 1.47. The molecule has 1 unspecified atom stereocenters. The Bertz CT molecular complexity index is 482. The zero-order valence-electron chi connectivity index (χ0n) is 10.8. The zero-order valence-corrected chi connectivity index (χ0v) is 12.4. The van der Waals surface area contributed by atoms with Crippen molar-refractivity contribution in [1.82, 2.24) is 5.32 Å². The SMILES string of the molecule is COCC(C)NC(=S)Nc1cc(C(F)(F)F)ccc1Cl. The number of nitrogens with one attached hydrogen (secondary N) is 2. The molecular weight excluding hydrogens is 313 g/mol. The van der Waals surface area contributed by atoms with Gasteiger partial charge >= 0.3 is 6.18 Å². The van der Waals surface area contributed by atoms with E-state index >= 15 is 0 Å². The van der Waals surface area contributed by atoms with E-state index in [1.54, 1.807) is 7.11 Å². The van der Waals surface area contributed by atoms with Gasteiger partial charge in [0.1, 0.15) is 0 Å². The van der Waals surface area contributed by atoms with Crippen LogP contribution in [0.4, 0.5) is 18.9 Å². The zero-order chi connectivity index (χ0) is 15.3. The first kappa shape index (κ1) is 17.0. The average molecular weight is 327 g/mol. The van der Waals surface area contributed by atoms with Crippen molar-refractivity contribution in [2.45, 2.75) is 19.1 Å². The van der Waals surface area contributed by atoms with Gasteiger partial charge in [-0.15, -0.1) is 0 Å². The Balaban J connectivity index is 2.79. The first-order valence-corrected chi connectivity index (χ1v) is 6.46. The molecule has 0 aliphatic rings. The molecule has 0 aromatic heterocycles. The minimum Gasteiger partial charge on any atom is -0.383 e. The third-order valence-electron chi connectivity index (χ3n) is 2.34. The van der Waals surface area contributed by atoms with Gasteiger partial charge in [-0.25, -0.2) is 0 Å². The molecule has 0 aliphatic carbocycles. The number of halogens is 4. The van der Waals surface area contributed by atoms with Crippen molar-refractivity contribution in [3.05, 3.63) is 28.8 Å². The Kier molecular flexibility index (Phi) is 6.04. The molecule has 0 aliphatic heterocycles. The number of benzene rings is 1. The normalized spacial score (nSPS) is 12.9. The highest BCUT2D eigenvalue weighted by Gasteiger charge is 2.31. The van der Waals surface area contributed by atoms with Crippen LogP contribution in [0.1, 0.15) is 12.5 Å². The number of rotatable bonds is 4. The van der Waals surface area contributed by atoms with Gasteiger partial charge in [0.2, 0.25) is 0 Å². The van der Waals surface area contributed by atoms with E-state index in [1.807, 2.05) is 6.92 Å². The second-order valence-corrected chi connectivity index (χ2v) is 4.96. The molecule has 8 heteroatoms. The fourth-order valence-corrected chi connectivity index (χ4v) is 1.95. The first-order valence-electron chi connectivity index (χ1n) is 5.67. The molecule has 1 aromatic rings. The van der Waals surface area contributed by atoms with E-state index in [0.29, 0.717) is 6.61 Å². The third kappa shape index (κ3) is 5.15. The van der Waals surface area contributed by atoms with Crippen LogP contribution in [0.15, 0.2) is 18.2 Å². The Morgan fingerprint density at radius 1 is 1.45 bits per heavy atom. The van der Waals surface area contributed by atoms with E-state index in [0.717, 1.165) is 12.1 Å². The van der Waals surface area contributed by atoms with Gasteiger partial charge in [-0.2, -0.15) is 13.2 Å². The van der Waals surface area contributed by atoms with Crippen molar-refractivity contribution in [2.75, 3.05) is 19.0 Å². The summed E-state index contributed by atoms with van der Waals surface area (Å²) >= 11 is 10.9. The summed E-state index contributed by atoms with van der Waals surface area (Å²) in [5, 5.41) is 5.85. The summed E-state index contributed by atoms with van der Waals surface area (Å²) in [7, 11) is 1.54. The molecule has 0 saturated carbocycles. The number of thiocarbonyl (C=S) groups is 1. The molecule has 1 aromatic carbocycles. The van der Waals surface area contributed by atoms with E-state index < -0.39 is 11.7 Å². The van der Waals surface area contributed by atoms with E-state index in [2.05, 4.69) is 10.6 Å². The number of hydrogen-bond donors (Lipinski definition) is 2. The molecule has 0 amide bonds. The van der Waals surface area contributed by atoms with Crippen LogP contribution in [-0.4, -0.2) is 24.9 Å². The lowest BCUT2D eigenvalue weighted by Crippen LogP contribution is -2.38. The average Bonchev–Trinajstić information content (AvgIpc) is 2.30. The number of hydrogen-bond acceptors (Lipinski definition) is 2. The smallest absolute Gasteiger partial charge is 0.383 e. The number of anilines is 1. The van der Waals surface area contributed by atoms with Crippen LogP contribution < -0.4 is 10.6 Å². The van der Waals surface area contributed by atoms with Crippen LogP contribution in [-0.2, 0) is 10.9 Å². The molecule has 1 atom stereocenters. The minimum atomic E-state index is -4.43. The van der Waals surface area contributed by atoms with E-state index in [4.69, 9.17) is 28.6 Å². The predicted octanol–water partition coefficient (Wildman–Crippen LogP) is 3.68. The van der Waals surface area contributed by atoms with Gasteiger partial charge < -0.3 is 15.4 Å². The van der Waals surface area contributed by atoms with Crippen molar-refractivity contribution in [3.8, 4) is 0 Å². The maximum Gasteiger partial charge on any atom is 0.416 e. The summed E-state index contributed by atoms with van der Waals surface area (Å²) in [5.74, 6) is 0. The Morgan fingerprint density at radius 2 is 2.10 bits per heavy atom. The quantitative estimate of drug-likeness (QED) is 0.827. The summed E-state index contributed by atoms with van der Waals surface area (Å²) in [6.07, 6.45) is -4.43. The van der Waals surface area contributed by atoms with Crippen LogP contribution in [0.2, 0.25) is 5.02 Å². The van der Waals surface area contributed by atoms with Crippen LogP contribution in [0, 0.1) is 0 Å². The fraction of sp³-hybridized carbons (Fsp3) is 0.417. The molecule has 1 rings (SSSR count). The van der Waals surface area contributed by atoms with Gasteiger partial charge in [0, 0.05) is 13.2 Å². The molecule has 0 spiro atoms. The summed E-state index contributed by atoms with van der Waals surface area (Å²) in [6.45, 7) is 2.24. The summed E-state index contributed by atoms with van der Waals surface area (Å²) in [4.78, 5) is 0. The van der Waals surface area contributed by atoms with Crippen molar-refractivity contribution in [3.63, 3.8) is 0 Å². The summed E-state index contributed by atoms with van der Waals surface area (Å²) in [6, 6.07) is 2.92. The number of ether oxygens (including phenoxy) is 1.